The smallest absolute Gasteiger partial charge is 0.306 e. The van der Waals surface area contributed by atoms with Gasteiger partial charge >= 0.3 is 11.9 Å². The average molecular weight is 423 g/mol. The zero-order valence-electron chi connectivity index (χ0n) is 15.5. The Labute approximate surface area is 167 Å². The minimum absolute atomic E-state index is 0.0259. The largest absolute Gasteiger partial charge is 0.416 e. The summed E-state index contributed by atoms with van der Waals surface area (Å²) in [5, 5.41) is 0. The molecule has 1 N–H and O–H groups in total. The fourth-order valence-corrected chi connectivity index (χ4v) is 5.04. The zero-order valence-corrected chi connectivity index (χ0v) is 16.3. The summed E-state index contributed by atoms with van der Waals surface area (Å²) in [4.78, 5) is 15.2. The normalized spacial score (nSPS) is 17.6. The second kappa shape index (κ2) is 7.79. The Morgan fingerprint density at radius 2 is 1.69 bits per heavy atom. The summed E-state index contributed by atoms with van der Waals surface area (Å²) in [7, 11) is -1.32. The number of imidazole rings is 1. The molecule has 1 atom stereocenters. The predicted octanol–water partition coefficient (Wildman–Crippen LogP) is 3.85. The molecular weight excluding hydrogens is 403 g/mol. The van der Waals surface area contributed by atoms with Crippen molar-refractivity contribution in [1.29, 1.82) is 0 Å². The van der Waals surface area contributed by atoms with Gasteiger partial charge < -0.3 is 4.98 Å². The maximum Gasteiger partial charge on any atom is 0.416 e. The van der Waals surface area contributed by atoms with Gasteiger partial charge in [0.15, 0.2) is 0 Å². The fraction of sp³-hybridized carbons (Fsp3) is 0.350. The van der Waals surface area contributed by atoms with E-state index in [9.17, 15) is 22.2 Å². The molecule has 4 rings (SSSR count). The van der Waals surface area contributed by atoms with Crippen LogP contribution >= 0.6 is 0 Å². The third kappa shape index (κ3) is 4.16. The molecule has 1 aliphatic rings. The number of hydrogen-bond donors (Lipinski definition) is 1. The number of aromatic nitrogens is 2. The van der Waals surface area contributed by atoms with Crippen molar-refractivity contribution in [2.45, 2.75) is 30.8 Å². The molecule has 1 saturated heterocycles. The molecule has 1 unspecified atom stereocenters. The number of halogens is 3. The standard InChI is InChI=1S/C20H20F3N3O2S/c21-20(22,23)15-7-5-14(6-8-15)13-29(28)25-11-9-16(10-12-25)26-18-4-2-1-3-17(18)24-19(26)27/h1-8,16H,9-13H2,(H,24,27). The highest BCUT2D eigenvalue weighted by Crippen LogP contribution is 2.30. The molecule has 0 saturated carbocycles. The fourth-order valence-electron chi connectivity index (χ4n) is 3.76. The van der Waals surface area contributed by atoms with Gasteiger partial charge in [0.1, 0.15) is 0 Å². The summed E-state index contributed by atoms with van der Waals surface area (Å²) in [5.41, 5.74) is 1.41. The lowest BCUT2D eigenvalue weighted by Crippen LogP contribution is -2.38. The Bertz CT molecular complexity index is 1080. The third-order valence-electron chi connectivity index (χ3n) is 5.27. The van der Waals surface area contributed by atoms with Crippen LogP contribution in [0.25, 0.3) is 11.0 Å². The number of rotatable bonds is 4. The summed E-state index contributed by atoms with van der Waals surface area (Å²) in [6.45, 7) is 1.12. The van der Waals surface area contributed by atoms with Gasteiger partial charge in [0.05, 0.1) is 33.3 Å². The number of alkyl halides is 3. The van der Waals surface area contributed by atoms with E-state index in [0.29, 0.717) is 31.5 Å². The van der Waals surface area contributed by atoms with Crippen LogP contribution in [0.15, 0.2) is 53.3 Å². The first-order valence-corrected chi connectivity index (χ1v) is 10.6. The molecule has 0 aliphatic carbocycles. The Balaban J connectivity index is 1.40. The Morgan fingerprint density at radius 3 is 2.34 bits per heavy atom. The molecule has 5 nitrogen and oxygen atoms in total. The number of fused-ring (bicyclic) bond motifs is 1. The van der Waals surface area contributed by atoms with Crippen molar-refractivity contribution in [2.75, 3.05) is 13.1 Å². The molecule has 2 aromatic carbocycles. The molecule has 0 spiro atoms. The quantitative estimate of drug-likeness (QED) is 0.693. The number of nitrogens with one attached hydrogen (secondary N) is 1. The van der Waals surface area contributed by atoms with Crippen LogP contribution in [0, 0.1) is 0 Å². The van der Waals surface area contributed by atoms with Gasteiger partial charge in [0.2, 0.25) is 0 Å². The van der Waals surface area contributed by atoms with Crippen molar-refractivity contribution < 1.29 is 17.4 Å². The van der Waals surface area contributed by atoms with Gasteiger partial charge in [0, 0.05) is 19.1 Å². The van der Waals surface area contributed by atoms with Gasteiger partial charge in [-0.25, -0.2) is 13.3 Å². The minimum atomic E-state index is -4.37. The van der Waals surface area contributed by atoms with Crippen molar-refractivity contribution in [1.82, 2.24) is 13.9 Å². The molecule has 1 aliphatic heterocycles. The summed E-state index contributed by atoms with van der Waals surface area (Å²) in [6.07, 6.45) is -3.01. The van der Waals surface area contributed by atoms with E-state index in [1.807, 2.05) is 28.6 Å². The van der Waals surface area contributed by atoms with Gasteiger partial charge in [-0.05, 0) is 42.7 Å². The zero-order chi connectivity index (χ0) is 20.6. The van der Waals surface area contributed by atoms with Gasteiger partial charge in [-0.2, -0.15) is 13.2 Å². The molecule has 3 aromatic rings. The Morgan fingerprint density at radius 1 is 1.03 bits per heavy atom. The summed E-state index contributed by atoms with van der Waals surface area (Å²) in [5.74, 6) is 0.176. The average Bonchev–Trinajstić information content (AvgIpc) is 3.03. The summed E-state index contributed by atoms with van der Waals surface area (Å²) in [6, 6.07) is 12.3. The van der Waals surface area contributed by atoms with Crippen LogP contribution in [-0.4, -0.2) is 31.2 Å². The van der Waals surface area contributed by atoms with E-state index in [2.05, 4.69) is 4.98 Å². The maximum absolute atomic E-state index is 12.7. The molecule has 0 amide bonds. The number of para-hydroxylation sites is 2. The molecule has 9 heteroatoms. The van der Waals surface area contributed by atoms with E-state index in [-0.39, 0.29) is 17.5 Å². The summed E-state index contributed by atoms with van der Waals surface area (Å²) >= 11 is 0. The number of nitrogens with zero attached hydrogens (tertiary/aromatic N) is 2. The van der Waals surface area contributed by atoms with E-state index in [0.717, 1.165) is 23.2 Å². The van der Waals surface area contributed by atoms with Crippen LogP contribution < -0.4 is 5.69 Å². The highest BCUT2D eigenvalue weighted by atomic mass is 32.2. The molecule has 2 heterocycles. The van der Waals surface area contributed by atoms with Crippen LogP contribution in [0.3, 0.4) is 0 Å². The lowest BCUT2D eigenvalue weighted by atomic mass is 10.1. The number of benzene rings is 2. The second-order valence-corrected chi connectivity index (χ2v) is 8.59. The molecule has 154 valence electrons. The molecule has 1 fully saturated rings. The van der Waals surface area contributed by atoms with Gasteiger partial charge in [-0.1, -0.05) is 24.3 Å². The first-order chi connectivity index (χ1) is 13.8. The molecule has 0 bridgehead atoms. The molecule has 29 heavy (non-hydrogen) atoms. The van der Waals surface area contributed by atoms with Crippen molar-refractivity contribution >= 4 is 22.0 Å². The van der Waals surface area contributed by atoms with Gasteiger partial charge in [-0.15, -0.1) is 0 Å². The van der Waals surface area contributed by atoms with Crippen molar-refractivity contribution in [3.05, 3.63) is 70.1 Å². The van der Waals surface area contributed by atoms with Crippen LogP contribution in [0.4, 0.5) is 13.2 Å². The lowest BCUT2D eigenvalue weighted by molar-refractivity contribution is -0.137. The molecule has 1 aromatic heterocycles. The number of hydrogen-bond acceptors (Lipinski definition) is 2. The Hall–Kier alpha value is -2.39. The van der Waals surface area contributed by atoms with Gasteiger partial charge in [0.25, 0.3) is 0 Å². The van der Waals surface area contributed by atoms with E-state index >= 15 is 0 Å². The predicted molar refractivity (Wildman–Crippen MR) is 106 cm³/mol. The second-order valence-electron chi connectivity index (χ2n) is 7.14. The first-order valence-electron chi connectivity index (χ1n) is 9.32. The van der Waals surface area contributed by atoms with E-state index < -0.39 is 22.7 Å². The van der Waals surface area contributed by atoms with Crippen LogP contribution in [0.1, 0.15) is 30.0 Å². The summed E-state index contributed by atoms with van der Waals surface area (Å²) < 4.78 is 54.2. The van der Waals surface area contributed by atoms with Crippen LogP contribution in [0.2, 0.25) is 0 Å². The molecule has 0 radical (unpaired) electrons. The minimum Gasteiger partial charge on any atom is -0.306 e. The maximum atomic E-state index is 12.7. The molecular formula is C20H20F3N3O2S. The highest BCUT2D eigenvalue weighted by molar-refractivity contribution is 7.81. The topological polar surface area (TPSA) is 58.1 Å². The van der Waals surface area contributed by atoms with Crippen molar-refractivity contribution in [2.24, 2.45) is 0 Å². The van der Waals surface area contributed by atoms with Crippen LogP contribution in [-0.2, 0) is 22.9 Å². The number of H-pyrrole nitrogens is 1. The number of aromatic amines is 1. The first kappa shape index (κ1) is 19.9. The highest BCUT2D eigenvalue weighted by Gasteiger charge is 2.30. The van der Waals surface area contributed by atoms with Crippen molar-refractivity contribution in [3.8, 4) is 0 Å². The van der Waals surface area contributed by atoms with E-state index in [1.165, 1.54) is 12.1 Å². The Kier molecular flexibility index (Phi) is 5.35. The monoisotopic (exact) mass is 423 g/mol. The van der Waals surface area contributed by atoms with Crippen LogP contribution in [0.5, 0.6) is 0 Å². The van der Waals surface area contributed by atoms with E-state index in [1.54, 1.807) is 4.57 Å². The SMILES string of the molecule is O=c1[nH]c2ccccc2n1C1CCN(S(=O)Cc2ccc(C(F)(F)F)cc2)CC1. The number of piperidine rings is 1. The van der Waals surface area contributed by atoms with Crippen molar-refractivity contribution in [3.63, 3.8) is 0 Å². The lowest BCUT2D eigenvalue weighted by Gasteiger charge is -2.31. The third-order valence-corrected chi connectivity index (χ3v) is 6.79. The van der Waals surface area contributed by atoms with E-state index in [4.69, 9.17) is 0 Å². The van der Waals surface area contributed by atoms with Gasteiger partial charge in [-0.3, -0.25) is 4.57 Å².